The highest BCUT2D eigenvalue weighted by atomic mass is 35.5. The molecule has 0 heterocycles. The van der Waals surface area contributed by atoms with E-state index in [-0.39, 0.29) is 30.3 Å². The second kappa shape index (κ2) is 11.1. The topological polar surface area (TPSA) is 84.2 Å². The van der Waals surface area contributed by atoms with Crippen molar-refractivity contribution in [1.82, 2.24) is 10.6 Å². The van der Waals surface area contributed by atoms with Gasteiger partial charge in [-0.3, -0.25) is 9.59 Å². The molecule has 3 atom stereocenters. The lowest BCUT2D eigenvalue weighted by molar-refractivity contribution is -0.129. The normalized spacial score (nSPS) is 20.4. The van der Waals surface area contributed by atoms with Gasteiger partial charge in [-0.2, -0.15) is 0 Å². The van der Waals surface area contributed by atoms with E-state index in [0.29, 0.717) is 25.3 Å². The molecule has 25 heavy (non-hydrogen) atoms. The van der Waals surface area contributed by atoms with Crippen molar-refractivity contribution in [2.24, 2.45) is 11.7 Å². The molecular weight excluding hydrogens is 338 g/mol. The minimum atomic E-state index is -0.467. The third-order valence-electron chi connectivity index (χ3n) is 4.73. The van der Waals surface area contributed by atoms with Crippen LogP contribution in [0, 0.1) is 5.92 Å². The lowest BCUT2D eigenvalue weighted by Crippen LogP contribution is -2.51. The smallest absolute Gasteiger partial charge is 0.242 e. The van der Waals surface area contributed by atoms with Gasteiger partial charge in [0, 0.05) is 6.04 Å². The summed E-state index contributed by atoms with van der Waals surface area (Å²) in [6.07, 6.45) is 4.93. The second-order valence-corrected chi connectivity index (χ2v) is 6.61. The third-order valence-corrected chi connectivity index (χ3v) is 4.73. The molecule has 1 saturated carbocycles. The Balaban J connectivity index is 0.00000312. The van der Waals surface area contributed by atoms with Crippen molar-refractivity contribution in [2.45, 2.75) is 57.5 Å². The van der Waals surface area contributed by atoms with E-state index in [1.165, 1.54) is 0 Å². The molecule has 1 aromatic carbocycles. The molecule has 1 fully saturated rings. The molecule has 1 aliphatic rings. The number of amides is 2. The van der Waals surface area contributed by atoms with Gasteiger partial charge in [0.05, 0.1) is 6.42 Å². The maximum absolute atomic E-state index is 12.6. The Morgan fingerprint density at radius 3 is 2.60 bits per heavy atom. The fourth-order valence-electron chi connectivity index (χ4n) is 3.38. The Morgan fingerprint density at radius 2 is 1.96 bits per heavy atom. The van der Waals surface area contributed by atoms with E-state index < -0.39 is 6.04 Å². The van der Waals surface area contributed by atoms with Crippen LogP contribution < -0.4 is 16.4 Å². The number of carbonyl (C=O) groups excluding carboxylic acids is 2. The Labute approximate surface area is 156 Å². The van der Waals surface area contributed by atoms with E-state index in [4.69, 9.17) is 5.73 Å². The van der Waals surface area contributed by atoms with Gasteiger partial charge in [-0.25, -0.2) is 0 Å². The van der Waals surface area contributed by atoms with Crippen LogP contribution in [-0.4, -0.2) is 30.4 Å². The quantitative estimate of drug-likeness (QED) is 0.658. The van der Waals surface area contributed by atoms with Crippen molar-refractivity contribution in [2.75, 3.05) is 6.54 Å². The summed E-state index contributed by atoms with van der Waals surface area (Å²) in [6, 6.07) is 9.25. The summed E-state index contributed by atoms with van der Waals surface area (Å²) in [7, 11) is 0. The molecule has 2 rings (SSSR count). The monoisotopic (exact) mass is 367 g/mol. The highest BCUT2D eigenvalue weighted by Crippen LogP contribution is 2.24. The van der Waals surface area contributed by atoms with Crippen LogP contribution in [0.1, 0.15) is 44.6 Å². The minimum absolute atomic E-state index is 0. The van der Waals surface area contributed by atoms with Gasteiger partial charge in [-0.05, 0) is 37.3 Å². The number of rotatable bonds is 8. The standard InChI is InChI=1S/C19H29N3O2.ClH/c1-2-7-17(19(24)22-16-11-6-10-15(16)13-20)21-18(23)12-14-8-4-3-5-9-14;/h3-5,8-9,15-17H,2,6-7,10-13,20H2,1H3,(H,21,23)(H,22,24);1H. The fourth-order valence-corrected chi connectivity index (χ4v) is 3.38. The van der Waals surface area contributed by atoms with Gasteiger partial charge in [0.15, 0.2) is 0 Å². The Hall–Kier alpha value is -1.59. The fraction of sp³-hybridized carbons (Fsp3) is 0.579. The van der Waals surface area contributed by atoms with Gasteiger partial charge in [-0.1, -0.05) is 50.1 Å². The number of halogens is 1. The Kier molecular flexibility index (Phi) is 9.53. The lowest BCUT2D eigenvalue weighted by atomic mass is 10.0. The molecule has 1 aliphatic carbocycles. The van der Waals surface area contributed by atoms with E-state index >= 15 is 0 Å². The lowest BCUT2D eigenvalue weighted by Gasteiger charge is -2.24. The van der Waals surface area contributed by atoms with Gasteiger partial charge in [-0.15, -0.1) is 12.4 Å². The van der Waals surface area contributed by atoms with Gasteiger partial charge < -0.3 is 16.4 Å². The summed E-state index contributed by atoms with van der Waals surface area (Å²) in [4.78, 5) is 24.8. The predicted molar refractivity (Wildman–Crippen MR) is 103 cm³/mol. The molecule has 0 bridgehead atoms. The zero-order valence-electron chi connectivity index (χ0n) is 14.9. The summed E-state index contributed by atoms with van der Waals surface area (Å²) in [5.74, 6) is 0.163. The first-order valence-electron chi connectivity index (χ1n) is 8.97. The minimum Gasteiger partial charge on any atom is -0.351 e. The van der Waals surface area contributed by atoms with E-state index in [1.54, 1.807) is 0 Å². The van der Waals surface area contributed by atoms with E-state index in [9.17, 15) is 9.59 Å². The van der Waals surface area contributed by atoms with Crippen LogP contribution in [-0.2, 0) is 16.0 Å². The molecule has 0 radical (unpaired) electrons. The van der Waals surface area contributed by atoms with E-state index in [2.05, 4.69) is 10.6 Å². The number of benzene rings is 1. The number of hydrogen-bond acceptors (Lipinski definition) is 3. The van der Waals surface area contributed by atoms with Crippen molar-refractivity contribution in [3.63, 3.8) is 0 Å². The van der Waals surface area contributed by atoms with E-state index in [1.807, 2.05) is 37.3 Å². The molecule has 4 N–H and O–H groups in total. The number of carbonyl (C=O) groups is 2. The summed E-state index contributed by atoms with van der Waals surface area (Å²) in [5, 5.41) is 5.99. The van der Waals surface area contributed by atoms with Crippen LogP contribution in [0.3, 0.4) is 0 Å². The van der Waals surface area contributed by atoms with Crippen LogP contribution in [0.25, 0.3) is 0 Å². The zero-order valence-corrected chi connectivity index (χ0v) is 15.7. The molecule has 2 amide bonds. The highest BCUT2D eigenvalue weighted by Gasteiger charge is 2.30. The van der Waals surface area contributed by atoms with Crippen molar-refractivity contribution in [3.8, 4) is 0 Å². The van der Waals surface area contributed by atoms with Crippen molar-refractivity contribution >= 4 is 24.2 Å². The van der Waals surface area contributed by atoms with Crippen LogP contribution in [0.2, 0.25) is 0 Å². The number of nitrogens with two attached hydrogens (primary N) is 1. The molecule has 0 aromatic heterocycles. The predicted octanol–water partition coefficient (Wildman–Crippen LogP) is 2.18. The molecule has 1 aromatic rings. The summed E-state index contributed by atoms with van der Waals surface area (Å²) >= 11 is 0. The van der Waals surface area contributed by atoms with Crippen LogP contribution >= 0.6 is 12.4 Å². The van der Waals surface area contributed by atoms with Gasteiger partial charge in [0.2, 0.25) is 11.8 Å². The number of nitrogens with one attached hydrogen (secondary N) is 2. The molecule has 3 unspecified atom stereocenters. The van der Waals surface area contributed by atoms with Gasteiger partial charge in [0.1, 0.15) is 6.04 Å². The first-order chi connectivity index (χ1) is 11.6. The second-order valence-electron chi connectivity index (χ2n) is 6.61. The highest BCUT2D eigenvalue weighted by molar-refractivity contribution is 5.88. The molecule has 0 spiro atoms. The molecule has 0 aliphatic heterocycles. The Morgan fingerprint density at radius 1 is 1.24 bits per heavy atom. The van der Waals surface area contributed by atoms with Crippen molar-refractivity contribution in [1.29, 1.82) is 0 Å². The SMILES string of the molecule is CCCC(NC(=O)Cc1ccccc1)C(=O)NC1CCCC1CN.Cl. The molecule has 0 saturated heterocycles. The summed E-state index contributed by atoms with van der Waals surface area (Å²) in [6.45, 7) is 2.62. The first kappa shape index (κ1) is 21.5. The summed E-state index contributed by atoms with van der Waals surface area (Å²) in [5.41, 5.74) is 6.73. The van der Waals surface area contributed by atoms with Gasteiger partial charge in [0.25, 0.3) is 0 Å². The maximum atomic E-state index is 12.6. The average molecular weight is 368 g/mol. The van der Waals surface area contributed by atoms with Gasteiger partial charge >= 0.3 is 0 Å². The molecule has 140 valence electrons. The van der Waals surface area contributed by atoms with Crippen LogP contribution in [0.4, 0.5) is 0 Å². The van der Waals surface area contributed by atoms with Crippen LogP contribution in [0.15, 0.2) is 30.3 Å². The largest absolute Gasteiger partial charge is 0.351 e. The Bertz CT molecular complexity index is 539. The number of hydrogen-bond donors (Lipinski definition) is 3. The molecule has 6 heteroatoms. The first-order valence-corrected chi connectivity index (χ1v) is 8.97. The third kappa shape index (κ3) is 6.67. The van der Waals surface area contributed by atoms with E-state index in [0.717, 1.165) is 31.2 Å². The zero-order chi connectivity index (χ0) is 17.4. The van der Waals surface area contributed by atoms with Crippen molar-refractivity contribution < 1.29 is 9.59 Å². The maximum Gasteiger partial charge on any atom is 0.242 e. The van der Waals surface area contributed by atoms with Crippen molar-refractivity contribution in [3.05, 3.63) is 35.9 Å². The average Bonchev–Trinajstić information content (AvgIpc) is 3.02. The summed E-state index contributed by atoms with van der Waals surface area (Å²) < 4.78 is 0. The molecular formula is C19H30ClN3O2. The van der Waals surface area contributed by atoms with Crippen LogP contribution in [0.5, 0.6) is 0 Å². The molecule has 5 nitrogen and oxygen atoms in total.